The van der Waals surface area contributed by atoms with Crippen molar-refractivity contribution < 1.29 is 4.39 Å². The molecule has 0 atom stereocenters. The zero-order valence-electron chi connectivity index (χ0n) is 17.9. The van der Waals surface area contributed by atoms with Gasteiger partial charge in [0.15, 0.2) is 5.82 Å². The van der Waals surface area contributed by atoms with Crippen LogP contribution in [-0.4, -0.2) is 5.16 Å². The van der Waals surface area contributed by atoms with Crippen LogP contribution in [0.3, 0.4) is 0 Å². The molecule has 32 heavy (non-hydrogen) atoms. The summed E-state index contributed by atoms with van der Waals surface area (Å²) in [7, 11) is 0. The Bertz CT molecular complexity index is 1420. The lowest BCUT2D eigenvalue weighted by atomic mass is 10.0. The maximum atomic E-state index is 14.0. The molecule has 154 valence electrons. The Morgan fingerprint density at radius 2 is 1.59 bits per heavy atom. The summed E-state index contributed by atoms with van der Waals surface area (Å²) in [6.07, 6.45) is 4.42. The van der Waals surface area contributed by atoms with Crippen molar-refractivity contribution in [3.05, 3.63) is 105 Å². The maximum absolute atomic E-state index is 14.0. The molecule has 1 aliphatic carbocycles. The van der Waals surface area contributed by atoms with Crippen LogP contribution in [0.4, 0.5) is 10.1 Å². The molecule has 3 aromatic carbocycles. The van der Waals surface area contributed by atoms with Crippen molar-refractivity contribution in [1.82, 2.24) is 0 Å². The van der Waals surface area contributed by atoms with Crippen molar-refractivity contribution in [3.8, 4) is 23.7 Å². The topological polar surface area (TPSA) is 12.4 Å². The molecule has 0 saturated heterocycles. The van der Waals surface area contributed by atoms with Gasteiger partial charge in [-0.05, 0) is 97.2 Å². The number of hydrogen-bond donors (Lipinski definition) is 0. The summed E-state index contributed by atoms with van der Waals surface area (Å²) in [5.74, 6) is 12.2. The first-order valence-electron chi connectivity index (χ1n) is 10.4. The van der Waals surface area contributed by atoms with Gasteiger partial charge in [0, 0.05) is 22.3 Å². The minimum absolute atomic E-state index is 0.162. The highest BCUT2D eigenvalue weighted by atomic mass is 32.1. The summed E-state index contributed by atoms with van der Waals surface area (Å²) in [5, 5.41) is 2.17. The predicted molar refractivity (Wildman–Crippen MR) is 133 cm³/mol. The number of isothiocyanates is 1. The lowest BCUT2D eigenvalue weighted by Crippen LogP contribution is -1.86. The number of allylic oxidation sites excluding steroid dienone is 1. The van der Waals surface area contributed by atoms with Crippen LogP contribution in [0.5, 0.6) is 0 Å². The zero-order chi connectivity index (χ0) is 22.5. The van der Waals surface area contributed by atoms with Crippen molar-refractivity contribution in [2.75, 3.05) is 0 Å². The number of aryl methyl sites for hydroxylation is 1. The molecule has 0 radical (unpaired) electrons. The van der Waals surface area contributed by atoms with Gasteiger partial charge in [-0.1, -0.05) is 48.3 Å². The minimum Gasteiger partial charge on any atom is -0.205 e. The van der Waals surface area contributed by atoms with Crippen molar-refractivity contribution in [1.29, 1.82) is 0 Å². The number of nitrogens with zero attached hydrogens (tertiary/aromatic N) is 1. The summed E-state index contributed by atoms with van der Waals surface area (Å²) in [5.41, 5.74) is 8.73. The van der Waals surface area contributed by atoms with Gasteiger partial charge in [0.05, 0.1) is 5.16 Å². The molecule has 0 saturated carbocycles. The van der Waals surface area contributed by atoms with Gasteiger partial charge in [0.1, 0.15) is 5.69 Å². The number of hydrogen-bond acceptors (Lipinski definition) is 2. The fraction of sp³-hybridized carbons (Fsp3) is 0.138. The third kappa shape index (κ3) is 4.93. The van der Waals surface area contributed by atoms with E-state index < -0.39 is 5.82 Å². The molecule has 0 spiro atoms. The maximum Gasteiger partial charge on any atom is 0.150 e. The molecule has 0 bridgehead atoms. The minimum atomic E-state index is -0.468. The van der Waals surface area contributed by atoms with Crippen LogP contribution in [-0.2, 0) is 6.42 Å². The first kappa shape index (κ1) is 21.5. The SMILES string of the molecule is CCC1=Cc2cc(C#Cc3ccc(C#Cc4ccc(N=C=S)c(F)c4)c(C)c3)ccc2C1. The van der Waals surface area contributed by atoms with E-state index in [1.54, 1.807) is 12.1 Å². The molecule has 1 aliphatic rings. The van der Waals surface area contributed by atoms with Crippen LogP contribution in [0.1, 0.15) is 52.3 Å². The number of rotatable bonds is 2. The van der Waals surface area contributed by atoms with Gasteiger partial charge in [-0.2, -0.15) is 4.99 Å². The highest BCUT2D eigenvalue weighted by Crippen LogP contribution is 2.27. The molecule has 4 rings (SSSR count). The smallest absolute Gasteiger partial charge is 0.150 e. The van der Waals surface area contributed by atoms with E-state index in [9.17, 15) is 4.39 Å². The van der Waals surface area contributed by atoms with E-state index in [4.69, 9.17) is 0 Å². The number of thiocarbonyl (C=S) groups is 1. The molecule has 0 unspecified atom stereocenters. The van der Waals surface area contributed by atoms with E-state index in [0.717, 1.165) is 35.1 Å². The molecular weight excluding hydrogens is 413 g/mol. The van der Waals surface area contributed by atoms with Crippen molar-refractivity contribution in [2.45, 2.75) is 26.7 Å². The Balaban J connectivity index is 1.52. The summed E-state index contributed by atoms with van der Waals surface area (Å²) >= 11 is 4.52. The summed E-state index contributed by atoms with van der Waals surface area (Å²) in [6, 6.07) is 17.0. The average Bonchev–Trinajstić information content (AvgIpc) is 3.21. The highest BCUT2D eigenvalue weighted by molar-refractivity contribution is 7.78. The molecule has 0 heterocycles. The fourth-order valence-electron chi connectivity index (χ4n) is 3.60. The average molecular weight is 434 g/mol. The normalized spacial score (nSPS) is 11.3. The van der Waals surface area contributed by atoms with Gasteiger partial charge in [-0.3, -0.25) is 0 Å². The van der Waals surface area contributed by atoms with Crippen LogP contribution >= 0.6 is 12.2 Å². The van der Waals surface area contributed by atoms with Gasteiger partial charge in [-0.15, -0.1) is 0 Å². The van der Waals surface area contributed by atoms with Crippen LogP contribution in [0.25, 0.3) is 6.08 Å². The Kier molecular flexibility index (Phi) is 6.44. The van der Waals surface area contributed by atoms with Gasteiger partial charge in [0.2, 0.25) is 0 Å². The highest BCUT2D eigenvalue weighted by Gasteiger charge is 2.11. The van der Waals surface area contributed by atoms with E-state index in [2.05, 4.69) is 77.3 Å². The molecule has 0 amide bonds. The van der Waals surface area contributed by atoms with Crippen LogP contribution < -0.4 is 0 Å². The third-order valence-electron chi connectivity index (χ3n) is 5.41. The lowest BCUT2D eigenvalue weighted by molar-refractivity contribution is 0.629. The molecule has 3 heteroatoms. The van der Waals surface area contributed by atoms with E-state index >= 15 is 0 Å². The Morgan fingerprint density at radius 1 is 0.906 bits per heavy atom. The van der Waals surface area contributed by atoms with E-state index in [1.807, 2.05) is 25.1 Å². The third-order valence-corrected chi connectivity index (χ3v) is 5.50. The molecule has 1 nitrogen and oxygen atoms in total. The second-order valence-electron chi connectivity index (χ2n) is 7.65. The van der Waals surface area contributed by atoms with Crippen LogP contribution in [0.15, 0.2) is 65.2 Å². The number of aliphatic imine (C=N–C) groups is 1. The molecule has 0 fully saturated rings. The lowest BCUT2D eigenvalue weighted by Gasteiger charge is -2.00. The Hall–Kier alpha value is -3.75. The first-order valence-corrected chi connectivity index (χ1v) is 10.8. The molecular formula is C29H20FNS. The van der Waals surface area contributed by atoms with E-state index in [0.29, 0.717) is 5.56 Å². The van der Waals surface area contributed by atoms with Crippen LogP contribution in [0.2, 0.25) is 0 Å². The van der Waals surface area contributed by atoms with Crippen molar-refractivity contribution in [3.63, 3.8) is 0 Å². The zero-order valence-corrected chi connectivity index (χ0v) is 18.7. The van der Waals surface area contributed by atoms with Gasteiger partial charge < -0.3 is 0 Å². The summed E-state index contributed by atoms with van der Waals surface area (Å²) in [4.78, 5) is 3.68. The molecule has 0 N–H and O–H groups in total. The number of halogens is 1. The quantitative estimate of drug-likeness (QED) is 0.240. The van der Waals surface area contributed by atoms with Crippen molar-refractivity contribution in [2.24, 2.45) is 4.99 Å². The largest absolute Gasteiger partial charge is 0.205 e. The molecule has 0 aromatic heterocycles. The molecule has 0 aliphatic heterocycles. The Labute approximate surface area is 193 Å². The predicted octanol–water partition coefficient (Wildman–Crippen LogP) is 7.02. The number of benzene rings is 3. The van der Waals surface area contributed by atoms with Crippen molar-refractivity contribution >= 4 is 29.1 Å². The second kappa shape index (κ2) is 9.59. The second-order valence-corrected chi connectivity index (χ2v) is 7.83. The Morgan fingerprint density at radius 3 is 2.31 bits per heavy atom. The fourth-order valence-corrected chi connectivity index (χ4v) is 3.70. The first-order chi connectivity index (χ1) is 15.6. The monoisotopic (exact) mass is 433 g/mol. The standard InChI is InChI=1S/C29H20FNS/c1-3-21-15-26-12-8-23(17-27(26)16-21)5-4-22-6-10-25(20(2)14-22)11-7-24-9-13-29(31-19-32)28(30)18-24/h6,8-10,12-14,16-18H,3,15H2,1-2H3. The number of fused-ring (bicyclic) bond motifs is 1. The summed E-state index contributed by atoms with van der Waals surface area (Å²) in [6.45, 7) is 4.19. The van der Waals surface area contributed by atoms with Gasteiger partial charge in [0.25, 0.3) is 0 Å². The van der Waals surface area contributed by atoms with Crippen LogP contribution in [0, 0.1) is 36.4 Å². The summed E-state index contributed by atoms with van der Waals surface area (Å²) < 4.78 is 14.0. The molecule has 3 aromatic rings. The van der Waals surface area contributed by atoms with E-state index in [-0.39, 0.29) is 5.69 Å². The van der Waals surface area contributed by atoms with Gasteiger partial charge in [-0.25, -0.2) is 4.39 Å². The van der Waals surface area contributed by atoms with Gasteiger partial charge >= 0.3 is 0 Å². The van der Waals surface area contributed by atoms with E-state index in [1.165, 1.54) is 22.8 Å².